The first kappa shape index (κ1) is 39.7. The van der Waals surface area contributed by atoms with Crippen LogP contribution in [0.3, 0.4) is 0 Å². The van der Waals surface area contributed by atoms with E-state index in [-0.39, 0.29) is 36.5 Å². The number of fused-ring (bicyclic) bond motifs is 1. The van der Waals surface area contributed by atoms with Gasteiger partial charge in [0.05, 0.1) is 16.8 Å². The van der Waals surface area contributed by atoms with Crippen molar-refractivity contribution in [3.8, 4) is 11.3 Å². The van der Waals surface area contributed by atoms with Crippen molar-refractivity contribution < 1.29 is 29.3 Å². The minimum Gasteiger partial charge on any atom is -0.480 e. The highest BCUT2D eigenvalue weighted by Gasteiger charge is 2.37. The van der Waals surface area contributed by atoms with Crippen LogP contribution in [0.4, 0.5) is 4.79 Å². The van der Waals surface area contributed by atoms with E-state index in [1.165, 1.54) is 28.3 Å². The van der Waals surface area contributed by atoms with Crippen LogP contribution in [0.15, 0.2) is 35.4 Å². The highest BCUT2D eigenvalue weighted by molar-refractivity contribution is 7.10. The van der Waals surface area contributed by atoms with Gasteiger partial charge in [0.15, 0.2) is 0 Å². The molecule has 1 saturated heterocycles. The number of likely N-dealkylation sites (N-methyl/N-ethyl adjacent to an activating group) is 1. The van der Waals surface area contributed by atoms with Crippen molar-refractivity contribution in [1.29, 1.82) is 0 Å². The van der Waals surface area contributed by atoms with Gasteiger partial charge < -0.3 is 44.7 Å². The number of aryl methyl sites for hydroxylation is 1. The molecule has 0 saturated carbocycles. The van der Waals surface area contributed by atoms with Gasteiger partial charge in [0.2, 0.25) is 0 Å². The van der Waals surface area contributed by atoms with Gasteiger partial charge in [-0.05, 0) is 71.2 Å². The van der Waals surface area contributed by atoms with E-state index in [1.54, 1.807) is 27.9 Å². The number of methoxy groups -OCH3 is 1. The Morgan fingerprint density at radius 3 is 2.48 bits per heavy atom. The zero-order valence-electron chi connectivity index (χ0n) is 32.3. The predicted molar refractivity (Wildman–Crippen MR) is 206 cm³/mol. The minimum absolute atomic E-state index is 0.0231. The number of hydrogen-bond acceptors (Lipinski definition) is 10. The van der Waals surface area contributed by atoms with Crippen LogP contribution < -0.4 is 10.6 Å². The lowest BCUT2D eigenvalue weighted by Gasteiger charge is -2.42. The quantitative estimate of drug-likeness (QED) is 0.188. The number of alkyl carbamates (subject to hydrolysis) is 1. The fourth-order valence-electron chi connectivity index (χ4n) is 7.29. The molecule has 2 aliphatic rings. The summed E-state index contributed by atoms with van der Waals surface area (Å²) >= 11 is 1.37. The number of benzene rings is 1. The van der Waals surface area contributed by atoms with Gasteiger partial charge in [0.25, 0.3) is 0 Å². The number of nitrogens with zero attached hydrogens (tertiary/aromatic N) is 4. The first-order valence-electron chi connectivity index (χ1n) is 18.4. The summed E-state index contributed by atoms with van der Waals surface area (Å²) in [5.74, 6) is -1.13. The highest BCUT2D eigenvalue weighted by atomic mass is 32.1. The molecule has 12 nitrogen and oxygen atoms in total. The number of aromatic nitrogens is 2. The molecule has 13 heteroatoms. The van der Waals surface area contributed by atoms with Gasteiger partial charge in [-0.3, -0.25) is 0 Å². The van der Waals surface area contributed by atoms with Crippen molar-refractivity contribution >= 4 is 34.3 Å². The normalized spacial score (nSPS) is 20.1. The second kappa shape index (κ2) is 16.3. The number of carboxylic acid groups (broad SMARTS) is 1. The number of piperazine rings is 1. The maximum absolute atomic E-state index is 12.4. The summed E-state index contributed by atoms with van der Waals surface area (Å²) in [6.07, 6.45) is 2.35. The predicted octanol–water partition coefficient (Wildman–Crippen LogP) is 5.09. The molecule has 0 radical (unpaired) electrons. The van der Waals surface area contributed by atoms with Crippen LogP contribution >= 0.6 is 11.3 Å². The van der Waals surface area contributed by atoms with Crippen molar-refractivity contribution in [2.75, 3.05) is 53.5 Å². The molecule has 1 amide bonds. The van der Waals surface area contributed by atoms with Crippen LogP contribution in [0, 0.1) is 5.41 Å². The number of nitrogens with one attached hydrogen (secondary N) is 2. The lowest BCUT2D eigenvalue weighted by atomic mass is 9.80. The van der Waals surface area contributed by atoms with Gasteiger partial charge in [0.1, 0.15) is 11.6 Å². The third-order valence-corrected chi connectivity index (χ3v) is 11.1. The molecule has 4 N–H and O–H groups in total. The molecule has 4 heterocycles. The molecule has 3 aromatic rings. The molecule has 1 aromatic carbocycles. The SMILES string of the molecule is CCn1c(C2C=C(N3CCN(C)CC3)CN[C@@H]2[C@H](C)OC)c(CC(C)(C)CO)c2cc(-c3csc(C[C@H](NC(=O)OC(C)(C)C)C(=O)O)n3)ccc21. The number of aliphatic hydroxyl groups is 1. The van der Waals surface area contributed by atoms with Crippen LogP contribution in [-0.2, 0) is 33.7 Å². The molecule has 1 fully saturated rings. The van der Waals surface area contributed by atoms with E-state index in [4.69, 9.17) is 14.5 Å². The molecule has 4 atom stereocenters. The van der Waals surface area contributed by atoms with Gasteiger partial charge in [-0.2, -0.15) is 0 Å². The smallest absolute Gasteiger partial charge is 0.408 e. The lowest BCUT2D eigenvalue weighted by Crippen LogP contribution is -2.52. The maximum atomic E-state index is 12.4. The molecule has 5 rings (SSSR count). The fraction of sp³-hybridized carbons (Fsp3) is 0.615. The summed E-state index contributed by atoms with van der Waals surface area (Å²) in [6, 6.07) is 5.29. The number of carbonyl (C=O) groups is 2. The molecule has 1 unspecified atom stereocenters. The number of carbonyl (C=O) groups excluding carboxylic acids is 1. The Morgan fingerprint density at radius 2 is 1.87 bits per heavy atom. The van der Waals surface area contributed by atoms with Crippen LogP contribution in [0.25, 0.3) is 22.2 Å². The van der Waals surface area contributed by atoms with Gasteiger partial charge in [-0.1, -0.05) is 26.0 Å². The van der Waals surface area contributed by atoms with Gasteiger partial charge in [-0.25, -0.2) is 14.6 Å². The molecule has 52 heavy (non-hydrogen) atoms. The Morgan fingerprint density at radius 1 is 1.15 bits per heavy atom. The van der Waals surface area contributed by atoms with Crippen molar-refractivity contribution in [3.63, 3.8) is 0 Å². The second-order valence-corrected chi connectivity index (χ2v) is 17.0. The lowest BCUT2D eigenvalue weighted by molar-refractivity contribution is -0.139. The van der Waals surface area contributed by atoms with Crippen molar-refractivity contribution in [1.82, 2.24) is 30.0 Å². The minimum atomic E-state index is -1.18. The fourth-order valence-corrected chi connectivity index (χ4v) is 8.14. The number of aliphatic hydroxyl groups excluding tert-OH is 1. The Hall–Kier alpha value is -3.49. The van der Waals surface area contributed by atoms with E-state index in [9.17, 15) is 19.8 Å². The Balaban J connectivity index is 1.57. The largest absolute Gasteiger partial charge is 0.480 e. The topological polar surface area (TPSA) is 141 Å². The summed E-state index contributed by atoms with van der Waals surface area (Å²) in [4.78, 5) is 34.2. The van der Waals surface area contributed by atoms with E-state index >= 15 is 0 Å². The van der Waals surface area contributed by atoms with E-state index in [1.807, 2.05) is 5.38 Å². The van der Waals surface area contributed by atoms with Crippen LogP contribution in [0.5, 0.6) is 0 Å². The molecule has 2 aromatic heterocycles. The number of ether oxygens (including phenoxy) is 2. The molecular formula is C39H58N6O6S. The van der Waals surface area contributed by atoms with E-state index < -0.39 is 23.7 Å². The molecular weight excluding hydrogens is 681 g/mol. The van der Waals surface area contributed by atoms with Crippen LogP contribution in [0.2, 0.25) is 0 Å². The van der Waals surface area contributed by atoms with Gasteiger partial charge in [0, 0.05) is 105 Å². The Bertz CT molecular complexity index is 1750. The molecule has 0 bridgehead atoms. The average molecular weight is 739 g/mol. The summed E-state index contributed by atoms with van der Waals surface area (Å²) in [6.45, 7) is 19.4. The number of rotatable bonds is 13. The maximum Gasteiger partial charge on any atom is 0.408 e. The molecule has 2 aliphatic heterocycles. The monoisotopic (exact) mass is 738 g/mol. The number of carboxylic acids is 1. The zero-order chi connectivity index (χ0) is 38.0. The average Bonchev–Trinajstić information content (AvgIpc) is 3.68. The third kappa shape index (κ3) is 9.17. The number of hydrogen-bond donors (Lipinski definition) is 4. The van der Waals surface area contributed by atoms with Gasteiger partial charge in [-0.15, -0.1) is 11.3 Å². The third-order valence-electron chi connectivity index (χ3n) is 10.2. The Kier molecular flexibility index (Phi) is 12.4. The van der Waals surface area contributed by atoms with Gasteiger partial charge >= 0.3 is 12.1 Å². The van der Waals surface area contributed by atoms with E-state index in [0.29, 0.717) is 11.4 Å². The summed E-state index contributed by atoms with van der Waals surface area (Å²) in [5.41, 5.74) is 5.42. The Labute approximate surface area is 312 Å². The molecule has 286 valence electrons. The number of amides is 1. The van der Waals surface area contributed by atoms with Crippen LogP contribution in [-0.4, -0.2) is 119 Å². The van der Waals surface area contributed by atoms with Crippen molar-refractivity contribution in [2.24, 2.45) is 5.41 Å². The second-order valence-electron chi connectivity index (χ2n) is 16.0. The van der Waals surface area contributed by atoms with E-state index in [2.05, 4.69) is 84.0 Å². The van der Waals surface area contributed by atoms with Crippen LogP contribution in [0.1, 0.15) is 70.6 Å². The first-order chi connectivity index (χ1) is 24.5. The summed E-state index contributed by atoms with van der Waals surface area (Å²) in [5, 5.41) is 30.4. The van der Waals surface area contributed by atoms with Crippen molar-refractivity contribution in [2.45, 2.75) is 97.6 Å². The van der Waals surface area contributed by atoms with E-state index in [0.717, 1.165) is 61.4 Å². The van der Waals surface area contributed by atoms with Crippen molar-refractivity contribution in [3.05, 3.63) is 51.6 Å². The first-order valence-corrected chi connectivity index (χ1v) is 19.3. The standard InChI is InChI=1S/C39H58N6O6S/c1-10-45-32-12-11-25(31-22-52-33(41-31)19-30(36(47)48)42-37(49)51-38(3,4)5)17-27(32)29(20-39(6,7)23-46)35(45)28-18-26(21-40-34(28)24(2)50-9)44-15-13-43(8)14-16-44/h11-12,17-18,22,24,28,30,34,40,46H,10,13-16,19-21,23H2,1-9H3,(H,42,49)(H,47,48)/t24-,28?,30-,34+/m0/s1. The summed E-state index contributed by atoms with van der Waals surface area (Å²) in [7, 11) is 3.95. The number of thiazole rings is 1. The zero-order valence-corrected chi connectivity index (χ0v) is 33.1. The molecule has 0 spiro atoms. The highest BCUT2D eigenvalue weighted by Crippen LogP contribution is 2.41. The molecule has 0 aliphatic carbocycles. The number of aliphatic carboxylic acids is 1. The summed E-state index contributed by atoms with van der Waals surface area (Å²) < 4.78 is 13.7.